The van der Waals surface area contributed by atoms with Crippen LogP contribution in [0.1, 0.15) is 29.2 Å². The molecule has 0 unspecified atom stereocenters. The molecule has 2 heterocycles. The summed E-state index contributed by atoms with van der Waals surface area (Å²) < 4.78 is 6.91. The number of hydrogen-bond donors (Lipinski definition) is 1. The van der Waals surface area contributed by atoms with Crippen molar-refractivity contribution in [2.24, 2.45) is 0 Å². The van der Waals surface area contributed by atoms with Crippen molar-refractivity contribution in [1.29, 1.82) is 0 Å². The first-order valence-electron chi connectivity index (χ1n) is 10.3. The SMILES string of the molecule is Cc1cccc(Cc2cc3c(=O)n([C@H]4CCOC[C@@H]4O)cnc3c3ccccc23)c1. The third kappa shape index (κ3) is 3.30. The van der Waals surface area contributed by atoms with Crippen molar-refractivity contribution in [3.8, 4) is 0 Å². The third-order valence-corrected chi connectivity index (χ3v) is 6.00. The molecule has 3 aromatic carbocycles. The number of rotatable bonds is 3. The lowest BCUT2D eigenvalue weighted by molar-refractivity contribution is -0.0395. The van der Waals surface area contributed by atoms with Crippen molar-refractivity contribution in [3.05, 3.63) is 88.0 Å². The number of ether oxygens (including phenoxy) is 1. The Bertz CT molecular complexity index is 1290. The molecule has 152 valence electrons. The Balaban J connectivity index is 1.71. The number of aromatic nitrogens is 2. The monoisotopic (exact) mass is 400 g/mol. The first-order valence-corrected chi connectivity index (χ1v) is 10.3. The molecular formula is C25H24N2O3. The minimum absolute atomic E-state index is 0.109. The molecule has 30 heavy (non-hydrogen) atoms. The van der Waals surface area contributed by atoms with E-state index in [9.17, 15) is 9.90 Å². The highest BCUT2D eigenvalue weighted by Gasteiger charge is 2.27. The standard InChI is InChI=1S/C25H24N2O3/c1-16-5-4-6-17(11-16)12-18-13-21-24(20-8-3-2-7-19(18)20)26-15-27(25(21)29)22-9-10-30-14-23(22)28/h2-8,11,13,15,22-23,28H,9-10,12,14H2,1H3/t22-,23-/m0/s1. The van der Waals surface area contributed by atoms with E-state index in [-0.39, 0.29) is 18.2 Å². The Morgan fingerprint density at radius 1 is 1.10 bits per heavy atom. The highest BCUT2D eigenvalue weighted by atomic mass is 16.5. The zero-order valence-corrected chi connectivity index (χ0v) is 16.9. The second-order valence-electron chi connectivity index (χ2n) is 8.10. The Morgan fingerprint density at radius 3 is 2.73 bits per heavy atom. The first kappa shape index (κ1) is 19.0. The van der Waals surface area contributed by atoms with Crippen molar-refractivity contribution in [2.75, 3.05) is 13.2 Å². The van der Waals surface area contributed by atoms with Gasteiger partial charge in [0.05, 0.1) is 36.0 Å². The molecular weight excluding hydrogens is 376 g/mol. The summed E-state index contributed by atoms with van der Waals surface area (Å²) in [6, 6.07) is 18.2. The summed E-state index contributed by atoms with van der Waals surface area (Å²) in [6.45, 7) is 2.86. The van der Waals surface area contributed by atoms with Crippen LogP contribution in [-0.2, 0) is 11.2 Å². The lowest BCUT2D eigenvalue weighted by atomic mass is 9.95. The molecule has 1 aliphatic rings. The van der Waals surface area contributed by atoms with Crippen LogP contribution in [0, 0.1) is 6.92 Å². The third-order valence-electron chi connectivity index (χ3n) is 6.00. The van der Waals surface area contributed by atoms with Crippen LogP contribution >= 0.6 is 0 Å². The lowest BCUT2D eigenvalue weighted by Crippen LogP contribution is -2.39. The number of benzene rings is 3. The van der Waals surface area contributed by atoms with Gasteiger partial charge in [0.15, 0.2) is 0 Å². The molecule has 1 fully saturated rings. The van der Waals surface area contributed by atoms with Crippen LogP contribution in [0.2, 0.25) is 0 Å². The summed E-state index contributed by atoms with van der Waals surface area (Å²) in [5, 5.41) is 13.0. The molecule has 4 aromatic rings. The fourth-order valence-corrected chi connectivity index (χ4v) is 4.51. The fourth-order valence-electron chi connectivity index (χ4n) is 4.51. The molecule has 0 amide bonds. The van der Waals surface area contributed by atoms with Crippen molar-refractivity contribution >= 4 is 21.7 Å². The zero-order valence-electron chi connectivity index (χ0n) is 16.9. The van der Waals surface area contributed by atoms with E-state index < -0.39 is 6.10 Å². The van der Waals surface area contributed by atoms with Crippen molar-refractivity contribution in [1.82, 2.24) is 9.55 Å². The van der Waals surface area contributed by atoms with Gasteiger partial charge in [-0.15, -0.1) is 0 Å². The first-order chi connectivity index (χ1) is 14.6. The van der Waals surface area contributed by atoms with Gasteiger partial charge in [-0.25, -0.2) is 4.98 Å². The topological polar surface area (TPSA) is 64.3 Å². The van der Waals surface area contributed by atoms with Gasteiger partial charge in [0, 0.05) is 12.0 Å². The van der Waals surface area contributed by atoms with Crippen LogP contribution in [0.4, 0.5) is 0 Å². The van der Waals surface area contributed by atoms with Gasteiger partial charge in [0.2, 0.25) is 0 Å². The van der Waals surface area contributed by atoms with Crippen LogP contribution in [0.5, 0.6) is 0 Å². The van der Waals surface area contributed by atoms with E-state index in [0.29, 0.717) is 23.9 Å². The molecule has 0 spiro atoms. The van der Waals surface area contributed by atoms with Crippen molar-refractivity contribution in [2.45, 2.75) is 31.9 Å². The van der Waals surface area contributed by atoms with E-state index in [0.717, 1.165) is 22.8 Å². The fraction of sp³-hybridized carbons (Fsp3) is 0.280. The predicted molar refractivity (Wildman–Crippen MR) is 118 cm³/mol. The highest BCUT2D eigenvalue weighted by molar-refractivity contribution is 6.06. The Labute approximate surface area is 174 Å². The van der Waals surface area contributed by atoms with Crippen LogP contribution in [0.3, 0.4) is 0 Å². The van der Waals surface area contributed by atoms with E-state index in [1.807, 2.05) is 24.3 Å². The van der Waals surface area contributed by atoms with E-state index in [1.165, 1.54) is 11.1 Å². The number of aryl methyl sites for hydroxylation is 1. The Hall–Kier alpha value is -3.02. The van der Waals surface area contributed by atoms with Gasteiger partial charge in [0.25, 0.3) is 5.56 Å². The normalized spacial score (nSPS) is 19.4. The van der Waals surface area contributed by atoms with E-state index >= 15 is 0 Å². The maximum Gasteiger partial charge on any atom is 0.261 e. The van der Waals surface area contributed by atoms with Crippen molar-refractivity contribution < 1.29 is 9.84 Å². The van der Waals surface area contributed by atoms with Gasteiger partial charge in [-0.3, -0.25) is 9.36 Å². The van der Waals surface area contributed by atoms with Crippen LogP contribution in [0.15, 0.2) is 65.7 Å². The highest BCUT2D eigenvalue weighted by Crippen LogP contribution is 2.28. The molecule has 1 aliphatic heterocycles. The van der Waals surface area contributed by atoms with Gasteiger partial charge in [-0.1, -0.05) is 54.1 Å². The molecule has 5 heteroatoms. The summed E-state index contributed by atoms with van der Waals surface area (Å²) >= 11 is 0. The Kier molecular flexibility index (Phi) is 4.85. The molecule has 0 radical (unpaired) electrons. The summed E-state index contributed by atoms with van der Waals surface area (Å²) in [5.74, 6) is 0. The number of aliphatic hydroxyl groups excluding tert-OH is 1. The molecule has 5 nitrogen and oxygen atoms in total. The Morgan fingerprint density at radius 2 is 1.93 bits per heavy atom. The minimum atomic E-state index is -0.706. The minimum Gasteiger partial charge on any atom is -0.389 e. The summed E-state index contributed by atoms with van der Waals surface area (Å²) in [5.41, 5.74) is 4.13. The molecule has 0 aliphatic carbocycles. The van der Waals surface area contributed by atoms with Crippen LogP contribution in [-0.4, -0.2) is 34.0 Å². The largest absolute Gasteiger partial charge is 0.389 e. The second kappa shape index (κ2) is 7.67. The average molecular weight is 400 g/mol. The maximum atomic E-state index is 13.4. The number of nitrogens with zero attached hydrogens (tertiary/aromatic N) is 2. The summed E-state index contributed by atoms with van der Waals surface area (Å²) in [6.07, 6.45) is 2.21. The molecule has 5 rings (SSSR count). The average Bonchev–Trinajstić information content (AvgIpc) is 2.75. The number of aliphatic hydroxyl groups is 1. The van der Waals surface area contributed by atoms with Gasteiger partial charge in [-0.05, 0) is 42.3 Å². The van der Waals surface area contributed by atoms with Crippen LogP contribution in [0.25, 0.3) is 21.7 Å². The molecule has 0 saturated carbocycles. The molecule has 0 bridgehead atoms. The molecule has 1 aromatic heterocycles. The van der Waals surface area contributed by atoms with Crippen LogP contribution < -0.4 is 5.56 Å². The number of hydrogen-bond acceptors (Lipinski definition) is 4. The molecule has 2 atom stereocenters. The van der Waals surface area contributed by atoms with Gasteiger partial charge in [0.1, 0.15) is 0 Å². The lowest BCUT2D eigenvalue weighted by Gasteiger charge is -2.29. The second-order valence-corrected chi connectivity index (χ2v) is 8.10. The molecule has 1 saturated heterocycles. The summed E-state index contributed by atoms with van der Waals surface area (Å²) in [7, 11) is 0. The van der Waals surface area contributed by atoms with E-state index in [2.05, 4.69) is 42.2 Å². The maximum absolute atomic E-state index is 13.4. The van der Waals surface area contributed by atoms with E-state index in [1.54, 1.807) is 10.9 Å². The van der Waals surface area contributed by atoms with Crippen molar-refractivity contribution in [3.63, 3.8) is 0 Å². The van der Waals surface area contributed by atoms with Gasteiger partial charge >= 0.3 is 0 Å². The predicted octanol–water partition coefficient (Wildman–Crippen LogP) is 3.77. The van der Waals surface area contributed by atoms with Gasteiger partial charge in [-0.2, -0.15) is 0 Å². The quantitative estimate of drug-likeness (QED) is 0.532. The smallest absolute Gasteiger partial charge is 0.261 e. The summed E-state index contributed by atoms with van der Waals surface area (Å²) in [4.78, 5) is 18.1. The number of fused-ring (bicyclic) bond motifs is 3. The molecule has 1 N–H and O–H groups in total. The zero-order chi connectivity index (χ0) is 20.7. The van der Waals surface area contributed by atoms with E-state index in [4.69, 9.17) is 4.74 Å². The van der Waals surface area contributed by atoms with Gasteiger partial charge < -0.3 is 9.84 Å².